The summed E-state index contributed by atoms with van der Waals surface area (Å²) in [5, 5.41) is -0.190. The third-order valence-corrected chi connectivity index (χ3v) is 3.25. The van der Waals surface area contributed by atoms with E-state index in [2.05, 4.69) is 4.18 Å². The summed E-state index contributed by atoms with van der Waals surface area (Å²) in [4.78, 5) is -0.485. The molecule has 3 nitrogen and oxygen atoms in total. The molecular weight excluding hydrogens is 269 g/mol. The van der Waals surface area contributed by atoms with Crippen LogP contribution in [0.2, 0.25) is 5.02 Å². The second-order valence-corrected chi connectivity index (χ2v) is 4.75. The first kappa shape index (κ1) is 13.3. The maximum atomic E-state index is 11.8. The minimum absolute atomic E-state index is 0.190. The third kappa shape index (κ3) is 3.66. The monoisotopic (exact) mass is 274 g/mol. The summed E-state index contributed by atoms with van der Waals surface area (Å²) in [6.45, 7) is -1.87. The lowest BCUT2D eigenvalue weighted by Crippen LogP contribution is -2.20. The Hall–Kier alpha value is -0.790. The fourth-order valence-electron chi connectivity index (χ4n) is 0.855. The molecule has 0 aromatic heterocycles. The van der Waals surface area contributed by atoms with Crippen molar-refractivity contribution in [1.82, 2.24) is 0 Å². The zero-order valence-corrected chi connectivity index (χ0v) is 9.23. The van der Waals surface area contributed by atoms with Gasteiger partial charge in [-0.25, -0.2) is 0 Å². The minimum Gasteiger partial charge on any atom is -0.257 e. The smallest absolute Gasteiger partial charge is 0.257 e. The summed E-state index contributed by atoms with van der Waals surface area (Å²) < 4.78 is 61.7. The summed E-state index contributed by atoms with van der Waals surface area (Å²) in [5.41, 5.74) is 0. The van der Waals surface area contributed by atoms with Crippen molar-refractivity contribution in [3.05, 3.63) is 29.3 Å². The van der Waals surface area contributed by atoms with E-state index in [4.69, 9.17) is 11.6 Å². The summed E-state index contributed by atoms with van der Waals surface area (Å²) >= 11 is 5.52. The Kier molecular flexibility index (Phi) is 3.82. The lowest BCUT2D eigenvalue weighted by Gasteiger charge is -2.08. The highest BCUT2D eigenvalue weighted by Gasteiger charge is 2.32. The molecule has 16 heavy (non-hydrogen) atoms. The molecule has 1 aromatic carbocycles. The molecule has 0 bridgehead atoms. The van der Waals surface area contributed by atoms with Gasteiger partial charge in [-0.15, -0.1) is 0 Å². The van der Waals surface area contributed by atoms with Crippen molar-refractivity contribution in [3.63, 3.8) is 0 Å². The van der Waals surface area contributed by atoms with Crippen LogP contribution in [0.25, 0.3) is 0 Å². The van der Waals surface area contributed by atoms with Crippen LogP contribution in [-0.4, -0.2) is 21.2 Å². The highest BCUT2D eigenvalue weighted by atomic mass is 35.5. The highest BCUT2D eigenvalue weighted by molar-refractivity contribution is 7.86. The van der Waals surface area contributed by atoms with E-state index in [1.165, 1.54) is 18.2 Å². The van der Waals surface area contributed by atoms with Gasteiger partial charge in [-0.1, -0.05) is 23.7 Å². The van der Waals surface area contributed by atoms with Crippen molar-refractivity contribution in [2.24, 2.45) is 0 Å². The molecule has 0 aliphatic heterocycles. The van der Waals surface area contributed by atoms with Crippen LogP contribution in [0.1, 0.15) is 0 Å². The van der Waals surface area contributed by atoms with Crippen molar-refractivity contribution in [3.8, 4) is 0 Å². The van der Waals surface area contributed by atoms with E-state index in [0.717, 1.165) is 6.07 Å². The van der Waals surface area contributed by atoms with Crippen LogP contribution in [0.15, 0.2) is 29.2 Å². The van der Waals surface area contributed by atoms with Gasteiger partial charge in [0.15, 0.2) is 6.61 Å². The van der Waals surface area contributed by atoms with E-state index >= 15 is 0 Å². The van der Waals surface area contributed by atoms with Crippen molar-refractivity contribution < 1.29 is 25.8 Å². The van der Waals surface area contributed by atoms with Crippen LogP contribution in [0.4, 0.5) is 13.2 Å². The van der Waals surface area contributed by atoms with Crippen LogP contribution >= 0.6 is 11.6 Å². The van der Waals surface area contributed by atoms with E-state index in [1.54, 1.807) is 0 Å². The molecule has 0 radical (unpaired) electrons. The summed E-state index contributed by atoms with van der Waals surface area (Å²) in [5.74, 6) is 0. The molecule has 0 fully saturated rings. The Balaban J connectivity index is 2.92. The van der Waals surface area contributed by atoms with E-state index in [-0.39, 0.29) is 5.02 Å². The molecule has 0 N–H and O–H groups in total. The van der Waals surface area contributed by atoms with Gasteiger partial charge in [0.05, 0.1) is 5.02 Å². The van der Waals surface area contributed by atoms with Gasteiger partial charge < -0.3 is 0 Å². The van der Waals surface area contributed by atoms with Gasteiger partial charge in [0.25, 0.3) is 10.1 Å². The van der Waals surface area contributed by atoms with Gasteiger partial charge in [-0.05, 0) is 12.1 Å². The first-order valence-electron chi connectivity index (χ1n) is 3.93. The molecule has 0 aliphatic carbocycles. The molecule has 0 amide bonds. The Labute approximate surface area is 94.9 Å². The maximum absolute atomic E-state index is 11.8. The van der Waals surface area contributed by atoms with Crippen molar-refractivity contribution in [1.29, 1.82) is 0 Å². The van der Waals surface area contributed by atoms with Crippen molar-refractivity contribution in [2.75, 3.05) is 6.61 Å². The molecule has 0 saturated heterocycles. The van der Waals surface area contributed by atoms with Crippen LogP contribution in [0, 0.1) is 0 Å². The standard InChI is InChI=1S/C8H6ClF3O3S/c9-6-3-1-2-4-7(6)16(13,14)15-5-8(10,11)12/h1-4H,5H2. The Morgan fingerprint density at radius 1 is 1.25 bits per heavy atom. The molecule has 8 heteroatoms. The second kappa shape index (κ2) is 4.60. The third-order valence-electron chi connectivity index (χ3n) is 1.48. The van der Waals surface area contributed by atoms with Crippen molar-refractivity contribution >= 4 is 21.7 Å². The first-order chi connectivity index (χ1) is 7.22. The Bertz CT molecular complexity index is 470. The Morgan fingerprint density at radius 2 is 1.81 bits per heavy atom. The van der Waals surface area contributed by atoms with Crippen LogP contribution in [0.3, 0.4) is 0 Å². The Morgan fingerprint density at radius 3 is 2.31 bits per heavy atom. The molecule has 0 aliphatic rings. The average Bonchev–Trinajstić information content (AvgIpc) is 2.14. The van der Waals surface area contributed by atoms with E-state index in [0.29, 0.717) is 0 Å². The molecule has 1 rings (SSSR count). The van der Waals surface area contributed by atoms with Gasteiger partial charge in [0, 0.05) is 0 Å². The second-order valence-electron chi connectivity index (χ2n) is 2.76. The molecule has 0 unspecified atom stereocenters. The largest absolute Gasteiger partial charge is 0.413 e. The summed E-state index contributed by atoms with van der Waals surface area (Å²) in [6.07, 6.45) is -4.71. The molecule has 0 saturated carbocycles. The maximum Gasteiger partial charge on any atom is 0.413 e. The SMILES string of the molecule is O=S(=O)(OCC(F)(F)F)c1ccccc1Cl. The number of halogens is 4. The van der Waals surface area contributed by atoms with Crippen molar-refractivity contribution in [2.45, 2.75) is 11.1 Å². The van der Waals surface area contributed by atoms with E-state index in [1.807, 2.05) is 0 Å². The van der Waals surface area contributed by atoms with Gasteiger partial charge in [0.2, 0.25) is 0 Å². The number of alkyl halides is 3. The van der Waals surface area contributed by atoms with Crippen LogP contribution in [-0.2, 0) is 14.3 Å². The van der Waals surface area contributed by atoms with Crippen LogP contribution in [0.5, 0.6) is 0 Å². The van der Waals surface area contributed by atoms with Gasteiger partial charge in [-0.2, -0.15) is 21.6 Å². The lowest BCUT2D eigenvalue weighted by molar-refractivity contribution is -0.152. The normalized spacial score (nSPS) is 12.8. The molecule has 0 spiro atoms. The van der Waals surface area contributed by atoms with E-state index < -0.39 is 27.8 Å². The fourth-order valence-corrected chi connectivity index (χ4v) is 2.24. The number of benzene rings is 1. The van der Waals surface area contributed by atoms with E-state index in [9.17, 15) is 21.6 Å². The zero-order valence-electron chi connectivity index (χ0n) is 7.66. The highest BCUT2D eigenvalue weighted by Crippen LogP contribution is 2.24. The quantitative estimate of drug-likeness (QED) is 0.796. The van der Waals surface area contributed by atoms with Gasteiger partial charge >= 0.3 is 6.18 Å². The molecular formula is C8H6ClF3O3S. The summed E-state index contributed by atoms with van der Waals surface area (Å²) in [6, 6.07) is 5.08. The fraction of sp³-hybridized carbons (Fsp3) is 0.250. The zero-order chi connectivity index (χ0) is 12.4. The first-order valence-corrected chi connectivity index (χ1v) is 5.72. The summed E-state index contributed by atoms with van der Waals surface area (Å²) in [7, 11) is -4.48. The number of hydrogen-bond donors (Lipinski definition) is 0. The average molecular weight is 275 g/mol. The topological polar surface area (TPSA) is 43.4 Å². The predicted octanol–water partition coefficient (Wildman–Crippen LogP) is 2.61. The van der Waals surface area contributed by atoms with Crippen LogP contribution < -0.4 is 0 Å². The minimum atomic E-state index is -4.71. The molecule has 90 valence electrons. The van der Waals surface area contributed by atoms with Gasteiger partial charge in [0.1, 0.15) is 4.90 Å². The number of rotatable bonds is 3. The molecule has 0 heterocycles. The number of hydrogen-bond acceptors (Lipinski definition) is 3. The lowest BCUT2D eigenvalue weighted by atomic mass is 10.4. The molecule has 1 aromatic rings. The predicted molar refractivity (Wildman–Crippen MR) is 50.6 cm³/mol. The molecule has 0 atom stereocenters. The van der Waals surface area contributed by atoms with Gasteiger partial charge in [-0.3, -0.25) is 4.18 Å².